The zero-order valence-electron chi connectivity index (χ0n) is 28.2. The molecule has 1 heterocycles. The molecule has 0 aromatic heterocycles. The summed E-state index contributed by atoms with van der Waals surface area (Å²) in [5, 5.41) is 12.8. The second-order valence-corrected chi connectivity index (χ2v) is 13.2. The molecule has 1 aromatic rings. The maximum absolute atomic E-state index is 13.7. The van der Waals surface area contributed by atoms with Crippen LogP contribution in [-0.2, 0) is 59.9 Å². The highest BCUT2D eigenvalue weighted by molar-refractivity contribution is 7.79. The fraction of sp³-hybridized carbons (Fsp3) is 0.625. The number of carbonyl (C=O) groups is 4. The van der Waals surface area contributed by atoms with Gasteiger partial charge in [0.05, 0.1) is 17.8 Å². The number of amides is 1. The van der Waals surface area contributed by atoms with Crippen LogP contribution < -0.4 is 10.1 Å². The van der Waals surface area contributed by atoms with E-state index in [0.717, 1.165) is 13.8 Å². The molecule has 2 unspecified atom stereocenters. The summed E-state index contributed by atoms with van der Waals surface area (Å²) < 4.78 is 51.9. The van der Waals surface area contributed by atoms with E-state index in [9.17, 15) is 28.5 Å². The lowest BCUT2D eigenvalue weighted by molar-refractivity contribution is -0.280. The quantitative estimate of drug-likeness (QED) is 0.139. The molecule has 15 heteroatoms. The van der Waals surface area contributed by atoms with Gasteiger partial charge in [0.25, 0.3) is 5.91 Å². The zero-order chi connectivity index (χ0) is 35.5. The lowest BCUT2D eigenvalue weighted by Crippen LogP contribution is -2.63. The van der Waals surface area contributed by atoms with Gasteiger partial charge in [-0.25, -0.2) is 4.21 Å². The predicted molar refractivity (Wildman–Crippen MR) is 169 cm³/mol. The van der Waals surface area contributed by atoms with Crippen LogP contribution in [0, 0.1) is 0 Å². The second-order valence-electron chi connectivity index (χ2n) is 12.3. The van der Waals surface area contributed by atoms with E-state index < -0.39 is 83.3 Å². The predicted octanol–water partition coefficient (Wildman–Crippen LogP) is 2.66. The molecule has 1 aromatic carbocycles. The van der Waals surface area contributed by atoms with Crippen LogP contribution in [0.2, 0.25) is 0 Å². The summed E-state index contributed by atoms with van der Waals surface area (Å²) in [6, 6.07) is 4.37. The van der Waals surface area contributed by atoms with Gasteiger partial charge in [-0.05, 0) is 58.2 Å². The average molecular weight is 686 g/mol. The Morgan fingerprint density at radius 3 is 2.21 bits per heavy atom. The third kappa shape index (κ3) is 13.0. The average Bonchev–Trinajstić information content (AvgIpc) is 2.94. The van der Waals surface area contributed by atoms with E-state index in [1.165, 1.54) is 31.4 Å². The fourth-order valence-electron chi connectivity index (χ4n) is 4.73. The number of hydrogen-bond acceptors (Lipinski definition) is 13. The fourth-order valence-corrected chi connectivity index (χ4v) is 5.28. The van der Waals surface area contributed by atoms with Crippen LogP contribution >= 0.6 is 0 Å². The Morgan fingerprint density at radius 2 is 1.66 bits per heavy atom. The molecule has 0 saturated carbocycles. The monoisotopic (exact) mass is 685 g/mol. The largest absolute Gasteiger partial charge is 0.463 e. The minimum absolute atomic E-state index is 0.0105. The summed E-state index contributed by atoms with van der Waals surface area (Å²) in [4.78, 5) is 49.7. The van der Waals surface area contributed by atoms with Crippen LogP contribution in [0.1, 0.15) is 77.2 Å². The van der Waals surface area contributed by atoms with Crippen molar-refractivity contribution in [3.8, 4) is 5.75 Å². The van der Waals surface area contributed by atoms with Crippen molar-refractivity contribution in [3.63, 3.8) is 0 Å². The molecular formula is C32H47NO13S. The van der Waals surface area contributed by atoms with Crippen LogP contribution in [0.15, 0.2) is 30.9 Å². The molecule has 264 valence electrons. The van der Waals surface area contributed by atoms with Gasteiger partial charge in [-0.2, -0.15) is 0 Å². The lowest BCUT2D eigenvalue weighted by atomic mass is 9.98. The number of rotatable bonds is 17. The Morgan fingerprint density at radius 1 is 1.02 bits per heavy atom. The van der Waals surface area contributed by atoms with Crippen molar-refractivity contribution in [3.05, 3.63) is 42.0 Å². The van der Waals surface area contributed by atoms with Crippen molar-refractivity contribution in [1.82, 2.24) is 5.32 Å². The Kier molecular flexibility index (Phi) is 15.0. The van der Waals surface area contributed by atoms with Gasteiger partial charge in [0.2, 0.25) is 12.4 Å². The second kappa shape index (κ2) is 17.7. The number of benzene rings is 1. The van der Waals surface area contributed by atoms with E-state index >= 15 is 0 Å². The lowest BCUT2D eigenvalue weighted by Gasteiger charge is -2.44. The summed E-state index contributed by atoms with van der Waals surface area (Å²) >= 11 is -1.93. The number of aliphatic hydroxyl groups is 1. The van der Waals surface area contributed by atoms with Crippen LogP contribution in [0.4, 0.5) is 0 Å². The zero-order valence-corrected chi connectivity index (χ0v) is 29.0. The Labute approximate surface area is 278 Å². The highest BCUT2D eigenvalue weighted by Gasteiger charge is 2.53. The van der Waals surface area contributed by atoms with Gasteiger partial charge in [0.1, 0.15) is 24.6 Å². The van der Waals surface area contributed by atoms with E-state index in [0.29, 0.717) is 25.0 Å². The van der Waals surface area contributed by atoms with Gasteiger partial charge in [-0.3, -0.25) is 23.4 Å². The van der Waals surface area contributed by atoms with Crippen LogP contribution in [0.5, 0.6) is 5.75 Å². The molecule has 14 nitrogen and oxygen atoms in total. The van der Waals surface area contributed by atoms with Crippen molar-refractivity contribution in [2.24, 2.45) is 0 Å². The van der Waals surface area contributed by atoms with Gasteiger partial charge in [0, 0.05) is 39.2 Å². The van der Waals surface area contributed by atoms with Crippen molar-refractivity contribution in [2.45, 2.75) is 110 Å². The third-order valence-corrected chi connectivity index (χ3v) is 7.41. The first-order valence-electron chi connectivity index (χ1n) is 15.0. The first-order valence-corrected chi connectivity index (χ1v) is 16.5. The smallest absolute Gasteiger partial charge is 0.303 e. The van der Waals surface area contributed by atoms with Gasteiger partial charge >= 0.3 is 17.9 Å². The van der Waals surface area contributed by atoms with E-state index in [1.807, 2.05) is 27.7 Å². The summed E-state index contributed by atoms with van der Waals surface area (Å²) in [6.45, 7) is 14.2. The molecule has 1 amide bonds. The van der Waals surface area contributed by atoms with Crippen molar-refractivity contribution < 1.29 is 61.1 Å². The molecule has 0 spiro atoms. The maximum atomic E-state index is 13.7. The van der Waals surface area contributed by atoms with Gasteiger partial charge in [-0.1, -0.05) is 12.1 Å². The molecule has 1 aliphatic heterocycles. The van der Waals surface area contributed by atoms with Crippen LogP contribution in [-0.4, -0.2) is 94.4 Å². The van der Waals surface area contributed by atoms with Gasteiger partial charge in [-0.15, -0.1) is 6.58 Å². The molecule has 47 heavy (non-hydrogen) atoms. The molecule has 0 bridgehead atoms. The Hall–Kier alpha value is -3.37. The maximum Gasteiger partial charge on any atom is 0.303 e. The number of ether oxygens (including phenoxy) is 6. The standard InChI is InChI=1S/C32H47NO13S/c1-10-13-32(7,8)41-15-14-31(5,6)33-29(38)23-16-22(17-34)11-12-24(23)44-30-28(43-21(4)37)27(42-20(3)36)26(46-47(9)39)25(45-30)18-40-19(2)35/h10-12,16,25-28,30,34H,1,13-15,17-18H2,2-9H3,(H,33,38)/t25-,26+,27+,28-,30?,47?/m1/s1. The van der Waals surface area contributed by atoms with E-state index in [-0.39, 0.29) is 17.9 Å². The molecule has 1 fully saturated rings. The molecular weight excluding hydrogens is 638 g/mol. The van der Waals surface area contributed by atoms with E-state index in [4.69, 9.17) is 32.6 Å². The number of nitrogens with one attached hydrogen (secondary N) is 1. The van der Waals surface area contributed by atoms with Crippen molar-refractivity contribution in [2.75, 3.05) is 19.5 Å². The van der Waals surface area contributed by atoms with E-state index in [2.05, 4.69) is 11.9 Å². The SMILES string of the molecule is C=CCC(C)(C)OCCC(C)(C)NC(=O)c1cc(CO)ccc1OC1O[C@H](COC(C)=O)[C@H](OS(C)=O)[C@H](OC(C)=O)[C@H]1OC(C)=O. The third-order valence-electron chi connectivity index (χ3n) is 6.91. The molecule has 2 N–H and O–H groups in total. The summed E-state index contributed by atoms with van der Waals surface area (Å²) in [5.41, 5.74) is -0.757. The molecule has 6 atom stereocenters. The highest BCUT2D eigenvalue weighted by Crippen LogP contribution is 2.33. The Balaban J connectivity index is 2.48. The summed E-state index contributed by atoms with van der Waals surface area (Å²) in [5.74, 6) is -2.84. The normalized spacial score (nSPS) is 22.0. The molecule has 1 saturated heterocycles. The minimum atomic E-state index is -1.93. The number of carbonyl (C=O) groups excluding carboxylic acids is 4. The molecule has 2 rings (SSSR count). The molecule has 0 radical (unpaired) electrons. The van der Waals surface area contributed by atoms with Crippen LogP contribution in [0.3, 0.4) is 0 Å². The van der Waals surface area contributed by atoms with Crippen molar-refractivity contribution >= 4 is 34.9 Å². The number of hydrogen-bond donors (Lipinski definition) is 2. The first-order chi connectivity index (χ1) is 21.9. The summed E-state index contributed by atoms with van der Waals surface area (Å²) in [6.07, 6.45) is -2.91. The highest BCUT2D eigenvalue weighted by atomic mass is 32.2. The van der Waals surface area contributed by atoms with E-state index in [1.54, 1.807) is 6.08 Å². The van der Waals surface area contributed by atoms with Crippen LogP contribution in [0.25, 0.3) is 0 Å². The number of esters is 3. The first kappa shape index (κ1) is 39.8. The van der Waals surface area contributed by atoms with Gasteiger partial charge < -0.3 is 38.8 Å². The molecule has 0 aliphatic carbocycles. The number of aliphatic hydroxyl groups excluding tert-OH is 1. The van der Waals surface area contributed by atoms with Gasteiger partial charge in [0.15, 0.2) is 17.2 Å². The van der Waals surface area contributed by atoms with Crippen molar-refractivity contribution in [1.29, 1.82) is 0 Å². The topological polar surface area (TPSA) is 182 Å². The molecule has 1 aliphatic rings. The Bertz CT molecular complexity index is 1300. The minimum Gasteiger partial charge on any atom is -0.463 e. The summed E-state index contributed by atoms with van der Waals surface area (Å²) in [7, 11) is 0.